The second-order valence-corrected chi connectivity index (χ2v) is 4.83. The van der Waals surface area contributed by atoms with Gasteiger partial charge in [0.15, 0.2) is 0 Å². The third-order valence-electron chi connectivity index (χ3n) is 2.89. The van der Waals surface area contributed by atoms with Crippen LogP contribution in [0.4, 0.5) is 5.69 Å². The molecule has 0 saturated carbocycles. The Bertz CT molecular complexity index is 428. The van der Waals surface area contributed by atoms with Gasteiger partial charge in [0.25, 0.3) is 0 Å². The van der Waals surface area contributed by atoms with Crippen LogP contribution in [0.3, 0.4) is 0 Å². The molecule has 1 rings (SSSR count). The molecular formula is C14H22N2O2. The maximum Gasteiger partial charge on any atom is 0.244 e. The number of aryl methyl sites for hydroxylation is 1. The standard InChI is InChI=1S/C14H22N2O2/c1-5-8-14(3,15)13(17)16-11-9-10(2)6-7-12(11)18-4/h6-7,9H,5,8,15H2,1-4H3,(H,16,17). The van der Waals surface area contributed by atoms with E-state index in [0.717, 1.165) is 12.0 Å². The largest absolute Gasteiger partial charge is 0.495 e. The number of nitrogens with one attached hydrogen (secondary N) is 1. The lowest BCUT2D eigenvalue weighted by Gasteiger charge is -2.23. The summed E-state index contributed by atoms with van der Waals surface area (Å²) in [5.41, 5.74) is 6.86. The molecule has 1 aromatic carbocycles. The number of ether oxygens (including phenoxy) is 1. The number of rotatable bonds is 5. The summed E-state index contributed by atoms with van der Waals surface area (Å²) in [6, 6.07) is 5.64. The van der Waals surface area contributed by atoms with Crippen LogP contribution in [0.1, 0.15) is 32.3 Å². The zero-order valence-corrected chi connectivity index (χ0v) is 11.5. The molecule has 18 heavy (non-hydrogen) atoms. The smallest absolute Gasteiger partial charge is 0.244 e. The van der Waals surface area contributed by atoms with Gasteiger partial charge in [0.2, 0.25) is 5.91 Å². The van der Waals surface area contributed by atoms with Gasteiger partial charge in [0.05, 0.1) is 18.3 Å². The number of benzene rings is 1. The van der Waals surface area contributed by atoms with Crippen LogP contribution in [-0.4, -0.2) is 18.6 Å². The second-order valence-electron chi connectivity index (χ2n) is 4.83. The van der Waals surface area contributed by atoms with E-state index in [2.05, 4.69) is 5.32 Å². The first-order valence-electron chi connectivity index (χ1n) is 6.15. The number of methoxy groups -OCH3 is 1. The van der Waals surface area contributed by atoms with Crippen LogP contribution >= 0.6 is 0 Å². The maximum absolute atomic E-state index is 12.1. The number of hydrogen-bond acceptors (Lipinski definition) is 3. The Morgan fingerprint density at radius 3 is 2.72 bits per heavy atom. The topological polar surface area (TPSA) is 64.4 Å². The lowest BCUT2D eigenvalue weighted by Crippen LogP contribution is -2.48. The van der Waals surface area contributed by atoms with E-state index in [1.54, 1.807) is 14.0 Å². The average Bonchev–Trinajstić information content (AvgIpc) is 2.29. The van der Waals surface area contributed by atoms with E-state index in [9.17, 15) is 4.79 Å². The zero-order chi connectivity index (χ0) is 13.8. The van der Waals surface area contributed by atoms with Crippen molar-refractivity contribution in [2.24, 2.45) is 5.73 Å². The van der Waals surface area contributed by atoms with E-state index in [0.29, 0.717) is 17.9 Å². The average molecular weight is 250 g/mol. The summed E-state index contributed by atoms with van der Waals surface area (Å²) in [5.74, 6) is 0.453. The lowest BCUT2D eigenvalue weighted by molar-refractivity contribution is -0.120. The molecule has 4 heteroatoms. The number of carbonyl (C=O) groups is 1. The number of nitrogens with two attached hydrogens (primary N) is 1. The van der Waals surface area contributed by atoms with Crippen molar-refractivity contribution in [1.29, 1.82) is 0 Å². The lowest BCUT2D eigenvalue weighted by atomic mass is 9.96. The van der Waals surface area contributed by atoms with E-state index in [1.807, 2.05) is 32.0 Å². The molecule has 100 valence electrons. The van der Waals surface area contributed by atoms with E-state index in [4.69, 9.17) is 10.5 Å². The maximum atomic E-state index is 12.1. The van der Waals surface area contributed by atoms with Crippen LogP contribution in [0.25, 0.3) is 0 Å². The molecule has 1 atom stereocenters. The van der Waals surface area contributed by atoms with Crippen LogP contribution < -0.4 is 15.8 Å². The fourth-order valence-electron chi connectivity index (χ4n) is 1.82. The molecule has 1 unspecified atom stereocenters. The van der Waals surface area contributed by atoms with Gasteiger partial charge >= 0.3 is 0 Å². The minimum atomic E-state index is -0.858. The van der Waals surface area contributed by atoms with Gasteiger partial charge in [-0.05, 0) is 38.0 Å². The summed E-state index contributed by atoms with van der Waals surface area (Å²) < 4.78 is 5.22. The normalized spacial score (nSPS) is 13.8. The van der Waals surface area contributed by atoms with E-state index < -0.39 is 5.54 Å². The van der Waals surface area contributed by atoms with Crippen molar-refractivity contribution in [3.05, 3.63) is 23.8 Å². The second kappa shape index (κ2) is 5.87. The molecule has 0 saturated heterocycles. The first-order valence-corrected chi connectivity index (χ1v) is 6.15. The number of carbonyl (C=O) groups excluding carboxylic acids is 1. The third kappa shape index (κ3) is 3.47. The molecule has 0 heterocycles. The highest BCUT2D eigenvalue weighted by molar-refractivity contribution is 5.98. The van der Waals surface area contributed by atoms with Gasteiger partial charge < -0.3 is 15.8 Å². The van der Waals surface area contributed by atoms with Crippen molar-refractivity contribution in [3.63, 3.8) is 0 Å². The Labute approximate surface area is 109 Å². The molecule has 0 radical (unpaired) electrons. The highest BCUT2D eigenvalue weighted by Gasteiger charge is 2.27. The first-order chi connectivity index (χ1) is 8.40. The summed E-state index contributed by atoms with van der Waals surface area (Å²) in [6.07, 6.45) is 1.51. The van der Waals surface area contributed by atoms with Crippen molar-refractivity contribution in [1.82, 2.24) is 0 Å². The van der Waals surface area contributed by atoms with Crippen molar-refractivity contribution in [2.75, 3.05) is 12.4 Å². The van der Waals surface area contributed by atoms with Gasteiger partial charge in [-0.2, -0.15) is 0 Å². The van der Waals surface area contributed by atoms with Crippen LogP contribution in [0.2, 0.25) is 0 Å². The zero-order valence-electron chi connectivity index (χ0n) is 11.5. The quantitative estimate of drug-likeness (QED) is 0.843. The minimum absolute atomic E-state index is 0.187. The van der Waals surface area contributed by atoms with Gasteiger partial charge in [0, 0.05) is 0 Å². The Morgan fingerprint density at radius 2 is 2.17 bits per heavy atom. The first kappa shape index (κ1) is 14.5. The molecule has 1 amide bonds. The van der Waals surface area contributed by atoms with Gasteiger partial charge in [-0.3, -0.25) is 4.79 Å². The van der Waals surface area contributed by atoms with Crippen molar-refractivity contribution >= 4 is 11.6 Å². The number of amides is 1. The predicted molar refractivity (Wildman–Crippen MR) is 73.9 cm³/mol. The van der Waals surface area contributed by atoms with Crippen molar-refractivity contribution < 1.29 is 9.53 Å². The van der Waals surface area contributed by atoms with Crippen LogP contribution in [0, 0.1) is 6.92 Å². The fourth-order valence-corrected chi connectivity index (χ4v) is 1.82. The third-order valence-corrected chi connectivity index (χ3v) is 2.89. The SMILES string of the molecule is CCCC(C)(N)C(=O)Nc1cc(C)ccc1OC. The molecule has 3 N–H and O–H groups in total. The molecule has 1 aromatic rings. The van der Waals surface area contributed by atoms with Gasteiger partial charge in [0.1, 0.15) is 5.75 Å². The van der Waals surface area contributed by atoms with E-state index >= 15 is 0 Å². The van der Waals surface area contributed by atoms with Gasteiger partial charge in [-0.15, -0.1) is 0 Å². The molecule has 0 aliphatic carbocycles. The molecular weight excluding hydrogens is 228 g/mol. The molecule has 0 spiro atoms. The minimum Gasteiger partial charge on any atom is -0.495 e. The van der Waals surface area contributed by atoms with Crippen LogP contribution in [0.15, 0.2) is 18.2 Å². The van der Waals surface area contributed by atoms with E-state index in [-0.39, 0.29) is 5.91 Å². The highest BCUT2D eigenvalue weighted by Crippen LogP contribution is 2.26. The van der Waals surface area contributed by atoms with Gasteiger partial charge in [-0.1, -0.05) is 19.4 Å². The molecule has 4 nitrogen and oxygen atoms in total. The van der Waals surface area contributed by atoms with Crippen LogP contribution in [0.5, 0.6) is 5.75 Å². The molecule has 0 aromatic heterocycles. The predicted octanol–water partition coefficient (Wildman–Crippen LogP) is 2.46. The number of hydrogen-bond donors (Lipinski definition) is 2. The van der Waals surface area contributed by atoms with Gasteiger partial charge in [-0.25, -0.2) is 0 Å². The van der Waals surface area contributed by atoms with Crippen molar-refractivity contribution in [3.8, 4) is 5.75 Å². The summed E-state index contributed by atoms with van der Waals surface area (Å²) in [5, 5.41) is 2.84. The number of anilines is 1. The Balaban J connectivity index is 2.90. The Hall–Kier alpha value is -1.55. The molecule has 0 aliphatic rings. The summed E-state index contributed by atoms with van der Waals surface area (Å²) >= 11 is 0. The monoisotopic (exact) mass is 250 g/mol. The molecule has 0 bridgehead atoms. The summed E-state index contributed by atoms with van der Waals surface area (Å²) in [7, 11) is 1.58. The summed E-state index contributed by atoms with van der Waals surface area (Å²) in [6.45, 7) is 5.71. The summed E-state index contributed by atoms with van der Waals surface area (Å²) in [4.78, 5) is 12.1. The Morgan fingerprint density at radius 1 is 1.50 bits per heavy atom. The van der Waals surface area contributed by atoms with E-state index in [1.165, 1.54) is 0 Å². The van der Waals surface area contributed by atoms with Crippen LogP contribution in [-0.2, 0) is 4.79 Å². The molecule has 0 fully saturated rings. The fraction of sp³-hybridized carbons (Fsp3) is 0.500. The molecule has 0 aliphatic heterocycles. The van der Waals surface area contributed by atoms with Crippen molar-refractivity contribution in [2.45, 2.75) is 39.2 Å². The Kier molecular flexibility index (Phi) is 4.73. The highest BCUT2D eigenvalue weighted by atomic mass is 16.5.